The molecule has 0 radical (unpaired) electrons. The van der Waals surface area contributed by atoms with Gasteiger partial charge in [0.2, 0.25) is 5.95 Å². The van der Waals surface area contributed by atoms with Crippen molar-refractivity contribution in [3.05, 3.63) is 60.9 Å². The van der Waals surface area contributed by atoms with Crippen LogP contribution >= 0.6 is 0 Å². The molecule has 0 aliphatic heterocycles. The first-order chi connectivity index (χ1) is 12.7. The summed E-state index contributed by atoms with van der Waals surface area (Å²) in [5.74, 6) is 1.41. The standard InChI is InChI=1S/C20H23N5O/c1-14(2)18(13-26)24-20-23-17(15-8-10-21-11-9-15)12-19(25-20)22-16-6-4-3-5-7-16/h3-12,14,18,26H,13H2,1-2H3,(H2,22,23,24,25)/t18-/m1/s1. The molecule has 3 rings (SSSR count). The highest BCUT2D eigenvalue weighted by molar-refractivity contribution is 5.67. The van der Waals surface area contributed by atoms with E-state index in [1.807, 2.05) is 62.4 Å². The summed E-state index contributed by atoms with van der Waals surface area (Å²) in [7, 11) is 0. The quantitative estimate of drug-likeness (QED) is 0.603. The van der Waals surface area contributed by atoms with Crippen molar-refractivity contribution in [2.75, 3.05) is 17.2 Å². The molecular formula is C20H23N5O. The van der Waals surface area contributed by atoms with Crippen LogP contribution in [-0.4, -0.2) is 32.7 Å². The average molecular weight is 349 g/mol. The molecule has 0 fully saturated rings. The van der Waals surface area contributed by atoms with Gasteiger partial charge in [-0.25, -0.2) is 4.98 Å². The molecule has 0 bridgehead atoms. The second kappa shape index (κ2) is 8.40. The number of para-hydroxylation sites is 1. The van der Waals surface area contributed by atoms with Crippen LogP contribution in [0.2, 0.25) is 0 Å². The Morgan fingerprint density at radius 1 is 1.00 bits per heavy atom. The van der Waals surface area contributed by atoms with E-state index in [4.69, 9.17) is 0 Å². The Bertz CT molecular complexity index is 824. The van der Waals surface area contributed by atoms with Crippen molar-refractivity contribution in [1.82, 2.24) is 15.0 Å². The minimum absolute atomic E-state index is 0.0158. The van der Waals surface area contributed by atoms with Crippen molar-refractivity contribution >= 4 is 17.5 Å². The molecule has 26 heavy (non-hydrogen) atoms. The molecule has 0 unspecified atom stereocenters. The van der Waals surface area contributed by atoms with Gasteiger partial charge in [0, 0.05) is 29.7 Å². The van der Waals surface area contributed by atoms with Gasteiger partial charge in [-0.15, -0.1) is 0 Å². The zero-order valence-electron chi connectivity index (χ0n) is 14.9. The fourth-order valence-corrected chi connectivity index (χ4v) is 2.50. The lowest BCUT2D eigenvalue weighted by Gasteiger charge is -2.20. The Balaban J connectivity index is 1.96. The summed E-state index contributed by atoms with van der Waals surface area (Å²) >= 11 is 0. The zero-order valence-corrected chi connectivity index (χ0v) is 14.9. The van der Waals surface area contributed by atoms with Gasteiger partial charge in [0.15, 0.2) is 0 Å². The van der Waals surface area contributed by atoms with E-state index in [-0.39, 0.29) is 18.6 Å². The molecule has 0 amide bonds. The number of hydrogen-bond donors (Lipinski definition) is 3. The number of hydrogen-bond acceptors (Lipinski definition) is 6. The van der Waals surface area contributed by atoms with Gasteiger partial charge in [-0.05, 0) is 30.2 Å². The molecule has 2 aromatic heterocycles. The fourth-order valence-electron chi connectivity index (χ4n) is 2.50. The SMILES string of the molecule is CC(C)[C@@H](CO)Nc1nc(Nc2ccccc2)cc(-c2ccncc2)n1. The van der Waals surface area contributed by atoms with Crippen molar-refractivity contribution in [3.63, 3.8) is 0 Å². The van der Waals surface area contributed by atoms with Gasteiger partial charge in [0.05, 0.1) is 18.3 Å². The normalized spacial score (nSPS) is 12.0. The second-order valence-electron chi connectivity index (χ2n) is 6.37. The molecule has 6 heteroatoms. The third kappa shape index (κ3) is 4.55. The van der Waals surface area contributed by atoms with E-state index in [0.717, 1.165) is 16.9 Å². The summed E-state index contributed by atoms with van der Waals surface area (Å²) in [6, 6.07) is 15.4. The predicted octanol–water partition coefficient (Wildman–Crippen LogP) is 3.71. The highest BCUT2D eigenvalue weighted by atomic mass is 16.3. The molecular weight excluding hydrogens is 326 g/mol. The summed E-state index contributed by atoms with van der Waals surface area (Å²) in [5, 5.41) is 16.1. The number of aromatic nitrogens is 3. The maximum absolute atomic E-state index is 9.61. The Morgan fingerprint density at radius 2 is 1.73 bits per heavy atom. The van der Waals surface area contributed by atoms with Crippen molar-refractivity contribution < 1.29 is 5.11 Å². The van der Waals surface area contributed by atoms with Gasteiger partial charge in [0.25, 0.3) is 0 Å². The molecule has 1 atom stereocenters. The van der Waals surface area contributed by atoms with Gasteiger partial charge in [-0.1, -0.05) is 32.0 Å². The summed E-state index contributed by atoms with van der Waals surface area (Å²) < 4.78 is 0. The van der Waals surface area contributed by atoms with Crippen LogP contribution in [0.4, 0.5) is 17.5 Å². The molecule has 6 nitrogen and oxygen atoms in total. The Kier molecular flexibility index (Phi) is 5.76. The predicted molar refractivity (Wildman–Crippen MR) is 104 cm³/mol. The number of nitrogens with zero attached hydrogens (tertiary/aromatic N) is 3. The molecule has 0 saturated heterocycles. The van der Waals surface area contributed by atoms with Gasteiger partial charge in [-0.2, -0.15) is 4.98 Å². The number of aliphatic hydroxyl groups is 1. The third-order valence-corrected chi connectivity index (χ3v) is 4.06. The topological polar surface area (TPSA) is 83.0 Å². The van der Waals surface area contributed by atoms with Gasteiger partial charge in [0.1, 0.15) is 5.82 Å². The number of aliphatic hydroxyl groups excluding tert-OH is 1. The van der Waals surface area contributed by atoms with Gasteiger partial charge >= 0.3 is 0 Å². The number of nitrogens with one attached hydrogen (secondary N) is 2. The number of anilines is 3. The second-order valence-corrected chi connectivity index (χ2v) is 6.37. The van der Waals surface area contributed by atoms with E-state index < -0.39 is 0 Å². The van der Waals surface area contributed by atoms with Crippen LogP contribution in [0.25, 0.3) is 11.3 Å². The molecule has 134 valence electrons. The Hall–Kier alpha value is -2.99. The minimum Gasteiger partial charge on any atom is -0.394 e. The lowest BCUT2D eigenvalue weighted by atomic mass is 10.1. The van der Waals surface area contributed by atoms with Crippen molar-refractivity contribution in [2.45, 2.75) is 19.9 Å². The Morgan fingerprint density at radius 3 is 2.38 bits per heavy atom. The van der Waals surface area contributed by atoms with Crippen molar-refractivity contribution in [2.24, 2.45) is 5.92 Å². The van der Waals surface area contributed by atoms with E-state index in [9.17, 15) is 5.11 Å². The van der Waals surface area contributed by atoms with E-state index in [1.54, 1.807) is 12.4 Å². The Labute approximate surface area is 153 Å². The van der Waals surface area contributed by atoms with E-state index in [2.05, 4.69) is 25.6 Å². The van der Waals surface area contributed by atoms with Crippen molar-refractivity contribution in [1.29, 1.82) is 0 Å². The summed E-state index contributed by atoms with van der Waals surface area (Å²) in [6.07, 6.45) is 3.47. The number of rotatable bonds is 7. The maximum Gasteiger partial charge on any atom is 0.225 e. The van der Waals surface area contributed by atoms with Crippen LogP contribution < -0.4 is 10.6 Å². The summed E-state index contributed by atoms with van der Waals surface area (Å²) in [6.45, 7) is 4.11. The van der Waals surface area contributed by atoms with Crippen LogP contribution in [0.15, 0.2) is 60.9 Å². The molecule has 0 aliphatic rings. The van der Waals surface area contributed by atoms with Gasteiger partial charge < -0.3 is 15.7 Å². The first kappa shape index (κ1) is 17.8. The average Bonchev–Trinajstić information content (AvgIpc) is 2.67. The first-order valence-corrected chi connectivity index (χ1v) is 8.64. The van der Waals surface area contributed by atoms with Crippen LogP contribution in [0.3, 0.4) is 0 Å². The zero-order chi connectivity index (χ0) is 18.4. The van der Waals surface area contributed by atoms with E-state index in [1.165, 1.54) is 0 Å². The summed E-state index contributed by atoms with van der Waals surface area (Å²) in [5.41, 5.74) is 2.68. The molecule has 0 saturated carbocycles. The largest absolute Gasteiger partial charge is 0.394 e. The smallest absolute Gasteiger partial charge is 0.225 e. The monoisotopic (exact) mass is 349 g/mol. The summed E-state index contributed by atoms with van der Waals surface area (Å²) in [4.78, 5) is 13.2. The first-order valence-electron chi connectivity index (χ1n) is 8.64. The van der Waals surface area contributed by atoms with E-state index in [0.29, 0.717) is 11.8 Å². The minimum atomic E-state index is -0.118. The van der Waals surface area contributed by atoms with Crippen molar-refractivity contribution in [3.8, 4) is 11.3 Å². The number of benzene rings is 1. The molecule has 1 aromatic carbocycles. The highest BCUT2D eigenvalue weighted by Crippen LogP contribution is 2.24. The van der Waals surface area contributed by atoms with Gasteiger partial charge in [-0.3, -0.25) is 4.98 Å². The van der Waals surface area contributed by atoms with Crippen LogP contribution in [0.1, 0.15) is 13.8 Å². The lowest BCUT2D eigenvalue weighted by Crippen LogP contribution is -2.30. The van der Waals surface area contributed by atoms with Crippen LogP contribution in [-0.2, 0) is 0 Å². The molecule has 3 N–H and O–H groups in total. The molecule has 2 heterocycles. The lowest BCUT2D eigenvalue weighted by molar-refractivity contribution is 0.248. The van der Waals surface area contributed by atoms with E-state index >= 15 is 0 Å². The van der Waals surface area contributed by atoms with Crippen LogP contribution in [0.5, 0.6) is 0 Å². The molecule has 0 spiro atoms. The highest BCUT2D eigenvalue weighted by Gasteiger charge is 2.15. The maximum atomic E-state index is 9.61. The molecule has 3 aromatic rings. The third-order valence-electron chi connectivity index (χ3n) is 4.06. The molecule has 0 aliphatic carbocycles. The number of pyridine rings is 1. The fraction of sp³-hybridized carbons (Fsp3) is 0.250. The van der Waals surface area contributed by atoms with Crippen LogP contribution in [0, 0.1) is 5.92 Å².